The molecular formula is C18H20FN3O3S. The summed E-state index contributed by atoms with van der Waals surface area (Å²) in [6.07, 6.45) is 3.73. The smallest absolute Gasteiger partial charge is 0.227 e. The summed E-state index contributed by atoms with van der Waals surface area (Å²) in [5.41, 5.74) is 2.70. The number of carbonyl (C=O) groups is 1. The highest BCUT2D eigenvalue weighted by molar-refractivity contribution is 7.89. The molecule has 26 heavy (non-hydrogen) atoms. The van der Waals surface area contributed by atoms with E-state index in [1.807, 2.05) is 0 Å². The number of nitrogens with zero attached hydrogens (tertiary/aromatic N) is 2. The van der Waals surface area contributed by atoms with E-state index < -0.39 is 10.0 Å². The van der Waals surface area contributed by atoms with E-state index in [1.165, 1.54) is 4.90 Å². The zero-order valence-electron chi connectivity index (χ0n) is 14.6. The van der Waals surface area contributed by atoms with Gasteiger partial charge in [0.15, 0.2) is 0 Å². The highest BCUT2D eigenvalue weighted by Crippen LogP contribution is 2.34. The maximum absolute atomic E-state index is 15.0. The van der Waals surface area contributed by atoms with E-state index in [0.29, 0.717) is 34.4 Å². The Morgan fingerprint density at radius 2 is 2.04 bits per heavy atom. The molecule has 0 bridgehead atoms. The predicted octanol–water partition coefficient (Wildman–Crippen LogP) is 2.24. The SMILES string of the molecule is CCS(=O)(=O)NCc1cncc(-c2ccc3c(c2F)CCC(=O)N3C)c1. The third-order valence-corrected chi connectivity index (χ3v) is 5.87. The van der Waals surface area contributed by atoms with Crippen LogP contribution in [0, 0.1) is 5.82 Å². The van der Waals surface area contributed by atoms with Crippen LogP contribution in [0.15, 0.2) is 30.6 Å². The van der Waals surface area contributed by atoms with Crippen LogP contribution in [0.5, 0.6) is 0 Å². The standard InChI is InChI=1S/C18H20FN3O3S/c1-3-26(24,25)21-10-12-8-13(11-20-9-12)14-4-6-16-15(18(14)19)5-7-17(23)22(16)2/h4,6,8-9,11,21H,3,5,7,10H2,1-2H3. The lowest BCUT2D eigenvalue weighted by Gasteiger charge is -2.26. The highest BCUT2D eigenvalue weighted by Gasteiger charge is 2.25. The van der Waals surface area contributed by atoms with Gasteiger partial charge in [-0.1, -0.05) is 0 Å². The van der Waals surface area contributed by atoms with Crippen LogP contribution < -0.4 is 9.62 Å². The van der Waals surface area contributed by atoms with E-state index in [0.717, 1.165) is 0 Å². The summed E-state index contributed by atoms with van der Waals surface area (Å²) >= 11 is 0. The number of benzene rings is 1. The molecule has 1 amide bonds. The fourth-order valence-corrected chi connectivity index (χ4v) is 3.54. The zero-order chi connectivity index (χ0) is 18.9. The van der Waals surface area contributed by atoms with Crippen molar-refractivity contribution in [3.8, 4) is 11.1 Å². The minimum atomic E-state index is -3.32. The number of hydrogen-bond donors (Lipinski definition) is 1. The number of rotatable bonds is 5. The number of hydrogen-bond acceptors (Lipinski definition) is 4. The molecule has 1 aromatic carbocycles. The number of fused-ring (bicyclic) bond motifs is 1. The lowest BCUT2D eigenvalue weighted by atomic mass is 9.95. The summed E-state index contributed by atoms with van der Waals surface area (Å²) in [5.74, 6) is -0.405. The lowest BCUT2D eigenvalue weighted by molar-refractivity contribution is -0.118. The number of aromatic nitrogens is 1. The molecule has 0 radical (unpaired) electrons. The van der Waals surface area contributed by atoms with Crippen molar-refractivity contribution in [2.45, 2.75) is 26.3 Å². The molecule has 1 aromatic heterocycles. The summed E-state index contributed by atoms with van der Waals surface area (Å²) < 4.78 is 40.6. The molecule has 3 rings (SSSR count). The lowest BCUT2D eigenvalue weighted by Crippen LogP contribution is -2.31. The average molecular weight is 377 g/mol. The van der Waals surface area contributed by atoms with E-state index in [-0.39, 0.29) is 30.4 Å². The molecule has 2 aromatic rings. The van der Waals surface area contributed by atoms with Gasteiger partial charge in [0, 0.05) is 54.8 Å². The number of sulfonamides is 1. The predicted molar refractivity (Wildman–Crippen MR) is 97.7 cm³/mol. The van der Waals surface area contributed by atoms with Gasteiger partial charge in [-0.2, -0.15) is 0 Å². The summed E-state index contributed by atoms with van der Waals surface area (Å²) in [5, 5.41) is 0. The molecular weight excluding hydrogens is 357 g/mol. The molecule has 0 unspecified atom stereocenters. The van der Waals surface area contributed by atoms with Crippen molar-refractivity contribution in [1.82, 2.24) is 9.71 Å². The van der Waals surface area contributed by atoms with Crippen LogP contribution in [0.25, 0.3) is 11.1 Å². The molecule has 0 saturated carbocycles. The van der Waals surface area contributed by atoms with Crippen molar-refractivity contribution in [2.24, 2.45) is 0 Å². The van der Waals surface area contributed by atoms with Crippen LogP contribution in [0.4, 0.5) is 10.1 Å². The van der Waals surface area contributed by atoms with Crippen LogP contribution in [-0.4, -0.2) is 32.1 Å². The quantitative estimate of drug-likeness (QED) is 0.867. The Kier molecular flexibility index (Phi) is 5.06. The summed E-state index contributed by atoms with van der Waals surface area (Å²) in [6, 6.07) is 5.07. The number of anilines is 1. The van der Waals surface area contributed by atoms with Crippen molar-refractivity contribution >= 4 is 21.6 Å². The van der Waals surface area contributed by atoms with Crippen LogP contribution in [0.1, 0.15) is 24.5 Å². The number of amides is 1. The Balaban J connectivity index is 1.93. The van der Waals surface area contributed by atoms with Crippen LogP contribution in [0.3, 0.4) is 0 Å². The second kappa shape index (κ2) is 7.13. The number of halogens is 1. The Labute approximate surface area is 152 Å². The van der Waals surface area contributed by atoms with Gasteiger partial charge in [0.05, 0.1) is 5.75 Å². The van der Waals surface area contributed by atoms with Gasteiger partial charge in [0.2, 0.25) is 15.9 Å². The van der Waals surface area contributed by atoms with Gasteiger partial charge in [-0.15, -0.1) is 0 Å². The van der Waals surface area contributed by atoms with Crippen molar-refractivity contribution in [3.63, 3.8) is 0 Å². The van der Waals surface area contributed by atoms with E-state index in [2.05, 4.69) is 9.71 Å². The van der Waals surface area contributed by atoms with Gasteiger partial charge in [-0.05, 0) is 37.1 Å². The molecule has 138 valence electrons. The van der Waals surface area contributed by atoms with E-state index in [1.54, 1.807) is 44.6 Å². The molecule has 1 aliphatic rings. The molecule has 2 heterocycles. The molecule has 0 atom stereocenters. The fraction of sp³-hybridized carbons (Fsp3) is 0.333. The summed E-state index contributed by atoms with van der Waals surface area (Å²) in [4.78, 5) is 17.4. The minimum Gasteiger partial charge on any atom is -0.315 e. The van der Waals surface area contributed by atoms with Gasteiger partial charge in [-0.25, -0.2) is 17.5 Å². The third kappa shape index (κ3) is 3.61. The van der Waals surface area contributed by atoms with Crippen molar-refractivity contribution in [2.75, 3.05) is 17.7 Å². The first-order valence-electron chi connectivity index (χ1n) is 8.32. The number of nitrogens with one attached hydrogen (secondary N) is 1. The minimum absolute atomic E-state index is 0.00813. The van der Waals surface area contributed by atoms with Crippen LogP contribution >= 0.6 is 0 Å². The molecule has 0 spiro atoms. The molecule has 1 aliphatic heterocycles. The van der Waals surface area contributed by atoms with Gasteiger partial charge in [-0.3, -0.25) is 9.78 Å². The highest BCUT2D eigenvalue weighted by atomic mass is 32.2. The zero-order valence-corrected chi connectivity index (χ0v) is 15.4. The van der Waals surface area contributed by atoms with Crippen molar-refractivity contribution in [1.29, 1.82) is 0 Å². The van der Waals surface area contributed by atoms with Crippen molar-refractivity contribution in [3.05, 3.63) is 47.5 Å². The van der Waals surface area contributed by atoms with E-state index in [4.69, 9.17) is 0 Å². The van der Waals surface area contributed by atoms with Gasteiger partial charge in [0.1, 0.15) is 5.82 Å². The molecule has 6 nitrogen and oxygen atoms in total. The fourth-order valence-electron chi connectivity index (χ4n) is 2.95. The van der Waals surface area contributed by atoms with Crippen molar-refractivity contribution < 1.29 is 17.6 Å². The Morgan fingerprint density at radius 1 is 1.27 bits per heavy atom. The molecule has 0 fully saturated rings. The maximum Gasteiger partial charge on any atom is 0.227 e. The third-order valence-electron chi connectivity index (χ3n) is 4.52. The molecule has 8 heteroatoms. The second-order valence-electron chi connectivity index (χ2n) is 6.18. The largest absolute Gasteiger partial charge is 0.315 e. The van der Waals surface area contributed by atoms with E-state index in [9.17, 15) is 13.2 Å². The van der Waals surface area contributed by atoms with Gasteiger partial charge >= 0.3 is 0 Å². The Hall–Kier alpha value is -2.32. The maximum atomic E-state index is 15.0. The molecule has 0 saturated heterocycles. The van der Waals surface area contributed by atoms with Crippen LogP contribution in [0.2, 0.25) is 0 Å². The first-order chi connectivity index (χ1) is 12.3. The normalized spacial score (nSPS) is 14.4. The molecule has 0 aliphatic carbocycles. The van der Waals surface area contributed by atoms with Crippen LogP contribution in [-0.2, 0) is 27.8 Å². The topological polar surface area (TPSA) is 79.4 Å². The Morgan fingerprint density at radius 3 is 2.77 bits per heavy atom. The Bertz CT molecular complexity index is 960. The summed E-state index contributed by atoms with van der Waals surface area (Å²) in [6.45, 7) is 1.65. The second-order valence-corrected chi connectivity index (χ2v) is 8.28. The number of pyridine rings is 1. The monoisotopic (exact) mass is 377 g/mol. The van der Waals surface area contributed by atoms with Gasteiger partial charge in [0.25, 0.3) is 0 Å². The average Bonchev–Trinajstić information content (AvgIpc) is 2.64. The first kappa shape index (κ1) is 18.5. The molecule has 1 N–H and O–H groups in total. The first-order valence-corrected chi connectivity index (χ1v) is 9.97. The summed E-state index contributed by atoms with van der Waals surface area (Å²) in [7, 11) is -1.68. The van der Waals surface area contributed by atoms with Gasteiger partial charge < -0.3 is 4.90 Å². The number of carbonyl (C=O) groups excluding carboxylic acids is 1. The van der Waals surface area contributed by atoms with E-state index >= 15 is 4.39 Å².